The maximum atomic E-state index is 9.39. The molecule has 28 heavy (non-hydrogen) atoms. The normalized spacial score (nSPS) is 14.2. The van der Waals surface area contributed by atoms with Crippen LogP contribution in [0.25, 0.3) is 0 Å². The molecule has 0 aliphatic carbocycles. The largest absolute Gasteiger partial charge is 0.508 e. The lowest BCUT2D eigenvalue weighted by molar-refractivity contribution is -0.176. The molecule has 0 saturated heterocycles. The average Bonchev–Trinajstić information content (AvgIpc) is 2.69. The summed E-state index contributed by atoms with van der Waals surface area (Å²) in [5.74, 6) is -0.212. The lowest BCUT2D eigenvalue weighted by Crippen LogP contribution is -2.60. The second kappa shape index (κ2) is 13.1. The first-order valence-corrected chi connectivity index (χ1v) is 10.5. The second-order valence-corrected chi connectivity index (χ2v) is 7.07. The molecule has 0 heterocycles. The molecule has 162 valence electrons. The van der Waals surface area contributed by atoms with Gasteiger partial charge < -0.3 is 9.84 Å². The van der Waals surface area contributed by atoms with Crippen LogP contribution in [-0.4, -0.2) is 79.9 Å². The molecule has 0 aliphatic heterocycles. The summed E-state index contributed by atoms with van der Waals surface area (Å²) < 4.78 is 6.35. The summed E-state index contributed by atoms with van der Waals surface area (Å²) >= 11 is 0. The molecule has 0 radical (unpaired) electrons. The van der Waals surface area contributed by atoms with E-state index in [9.17, 15) is 5.11 Å². The van der Waals surface area contributed by atoms with Gasteiger partial charge in [0.05, 0.1) is 6.61 Å². The Bertz CT molecular complexity index is 522. The van der Waals surface area contributed by atoms with Crippen LogP contribution in [0.4, 0.5) is 0 Å². The van der Waals surface area contributed by atoms with Crippen molar-refractivity contribution in [3.8, 4) is 5.75 Å². The number of benzene rings is 1. The third-order valence-electron chi connectivity index (χ3n) is 5.07. The van der Waals surface area contributed by atoms with Crippen molar-refractivity contribution in [2.24, 2.45) is 0 Å². The molecule has 0 amide bonds. The molecule has 0 aromatic heterocycles. The van der Waals surface area contributed by atoms with Crippen molar-refractivity contribution in [3.05, 3.63) is 29.8 Å². The number of hydrogen-bond donors (Lipinski definition) is 3. The van der Waals surface area contributed by atoms with Crippen molar-refractivity contribution < 1.29 is 9.84 Å². The zero-order chi connectivity index (χ0) is 21.0. The molecule has 0 bridgehead atoms. The van der Waals surface area contributed by atoms with Crippen LogP contribution in [0.3, 0.4) is 0 Å². The number of ether oxygens (including phenoxy) is 1. The topological polar surface area (TPSA) is 63.2 Å². The van der Waals surface area contributed by atoms with Crippen molar-refractivity contribution in [1.82, 2.24) is 25.8 Å². The van der Waals surface area contributed by atoms with Crippen molar-refractivity contribution in [3.63, 3.8) is 0 Å². The van der Waals surface area contributed by atoms with E-state index in [1.54, 1.807) is 12.1 Å². The molecule has 0 saturated carbocycles. The fraction of sp³-hybridized carbons (Fsp3) is 0.714. The number of nitrogens with one attached hydrogen (secondary N) is 2. The predicted molar refractivity (Wildman–Crippen MR) is 116 cm³/mol. The van der Waals surface area contributed by atoms with E-state index in [0.29, 0.717) is 12.4 Å². The van der Waals surface area contributed by atoms with Gasteiger partial charge in [-0.15, -0.1) is 0 Å². The Hall–Kier alpha value is -1.22. The SMILES string of the molecule is CCNN(CCC(NC)(OCCCc1ccc(O)cc1)N(C)C)N(CC)CC. The maximum Gasteiger partial charge on any atom is 0.177 e. The van der Waals surface area contributed by atoms with Gasteiger partial charge in [-0.3, -0.25) is 10.2 Å². The van der Waals surface area contributed by atoms with Crippen LogP contribution in [0.2, 0.25) is 0 Å². The molecule has 1 aromatic carbocycles. The number of phenolic OH excluding ortho intramolecular Hbond substituents is 1. The highest BCUT2D eigenvalue weighted by Gasteiger charge is 2.32. The summed E-state index contributed by atoms with van der Waals surface area (Å²) in [6, 6.07) is 7.39. The molecular weight excluding hydrogens is 354 g/mol. The van der Waals surface area contributed by atoms with E-state index >= 15 is 0 Å². The molecule has 1 atom stereocenters. The first kappa shape index (κ1) is 24.8. The molecule has 0 fully saturated rings. The first-order valence-electron chi connectivity index (χ1n) is 10.5. The summed E-state index contributed by atoms with van der Waals surface area (Å²) in [5, 5.41) is 17.3. The molecule has 1 aromatic rings. The van der Waals surface area contributed by atoms with E-state index in [1.165, 1.54) is 5.56 Å². The Morgan fingerprint density at radius 2 is 1.71 bits per heavy atom. The third-order valence-corrected chi connectivity index (χ3v) is 5.07. The Morgan fingerprint density at radius 3 is 2.21 bits per heavy atom. The van der Waals surface area contributed by atoms with Gasteiger partial charge >= 0.3 is 0 Å². The van der Waals surface area contributed by atoms with Crippen LogP contribution in [0, 0.1) is 0 Å². The van der Waals surface area contributed by atoms with Gasteiger partial charge in [0.15, 0.2) is 5.85 Å². The quantitative estimate of drug-likeness (QED) is 0.239. The van der Waals surface area contributed by atoms with E-state index in [1.807, 2.05) is 33.3 Å². The number of aryl methyl sites for hydroxylation is 1. The zero-order valence-electron chi connectivity index (χ0n) is 18.7. The summed E-state index contributed by atoms with van der Waals surface area (Å²) in [6.45, 7) is 10.8. The molecule has 1 unspecified atom stereocenters. The molecule has 1 rings (SSSR count). The highest BCUT2D eigenvalue weighted by Crippen LogP contribution is 2.18. The van der Waals surface area contributed by atoms with E-state index in [0.717, 1.165) is 45.4 Å². The smallest absolute Gasteiger partial charge is 0.177 e. The lowest BCUT2D eigenvalue weighted by atomic mass is 10.1. The van der Waals surface area contributed by atoms with E-state index < -0.39 is 5.85 Å². The van der Waals surface area contributed by atoms with Crippen molar-refractivity contribution >= 4 is 0 Å². The monoisotopic (exact) mass is 395 g/mol. The minimum atomic E-state index is -0.518. The second-order valence-electron chi connectivity index (χ2n) is 7.07. The zero-order valence-corrected chi connectivity index (χ0v) is 18.7. The molecular formula is C21H41N5O2. The standard InChI is InChI=1S/C21H41N5O2/c1-7-23-26(25(8-2)9-3)17-16-21(22-4,24(5)6)28-18-10-11-19-12-14-20(27)15-13-19/h12-15,22-23,27H,7-11,16-18H2,1-6H3. The Labute approximate surface area is 171 Å². The number of hydrogen-bond acceptors (Lipinski definition) is 7. The Kier molecular flexibility index (Phi) is 11.6. The summed E-state index contributed by atoms with van der Waals surface area (Å²) in [6.07, 6.45) is 2.67. The summed E-state index contributed by atoms with van der Waals surface area (Å²) in [5.41, 5.74) is 4.66. The van der Waals surface area contributed by atoms with E-state index in [4.69, 9.17) is 4.74 Å². The first-order chi connectivity index (χ1) is 13.4. The van der Waals surface area contributed by atoms with Gasteiger partial charge in [0.2, 0.25) is 0 Å². The minimum absolute atomic E-state index is 0.306. The summed E-state index contributed by atoms with van der Waals surface area (Å²) in [4.78, 5) is 2.11. The van der Waals surface area contributed by atoms with Crippen LogP contribution < -0.4 is 10.7 Å². The Balaban J connectivity index is 2.63. The molecule has 7 nitrogen and oxygen atoms in total. The van der Waals surface area contributed by atoms with Gasteiger partial charge in [-0.1, -0.05) is 32.9 Å². The summed E-state index contributed by atoms with van der Waals surface area (Å²) in [7, 11) is 6.05. The van der Waals surface area contributed by atoms with Crippen molar-refractivity contribution in [2.75, 3.05) is 53.9 Å². The number of rotatable bonds is 15. The van der Waals surface area contributed by atoms with Crippen LogP contribution in [0.5, 0.6) is 5.75 Å². The number of nitrogens with zero attached hydrogens (tertiary/aromatic N) is 3. The fourth-order valence-electron chi connectivity index (χ4n) is 3.35. The third kappa shape index (κ3) is 7.66. The average molecular weight is 396 g/mol. The van der Waals surface area contributed by atoms with Gasteiger partial charge in [-0.2, -0.15) is 5.12 Å². The maximum absolute atomic E-state index is 9.39. The van der Waals surface area contributed by atoms with Crippen LogP contribution >= 0.6 is 0 Å². The number of phenols is 1. The van der Waals surface area contributed by atoms with Gasteiger partial charge in [-0.05, 0) is 51.7 Å². The molecule has 0 aliphatic rings. The van der Waals surface area contributed by atoms with Crippen LogP contribution in [0.1, 0.15) is 39.2 Å². The lowest BCUT2D eigenvalue weighted by Gasteiger charge is -2.42. The van der Waals surface area contributed by atoms with Crippen molar-refractivity contribution in [1.29, 1.82) is 0 Å². The molecule has 3 N–H and O–H groups in total. The highest BCUT2D eigenvalue weighted by atomic mass is 16.5. The number of hydrazine groups is 2. The van der Waals surface area contributed by atoms with Gasteiger partial charge in [0.1, 0.15) is 5.75 Å². The van der Waals surface area contributed by atoms with E-state index in [2.05, 4.69) is 46.5 Å². The van der Waals surface area contributed by atoms with Gasteiger partial charge in [0.25, 0.3) is 0 Å². The predicted octanol–water partition coefficient (Wildman–Crippen LogP) is 2.25. The fourth-order valence-corrected chi connectivity index (χ4v) is 3.35. The van der Waals surface area contributed by atoms with Crippen molar-refractivity contribution in [2.45, 2.75) is 45.9 Å². The molecule has 0 spiro atoms. The van der Waals surface area contributed by atoms with Crippen LogP contribution in [0.15, 0.2) is 24.3 Å². The Morgan fingerprint density at radius 1 is 1.07 bits per heavy atom. The van der Waals surface area contributed by atoms with Gasteiger partial charge in [-0.25, -0.2) is 10.4 Å². The van der Waals surface area contributed by atoms with Gasteiger partial charge in [0, 0.05) is 32.6 Å². The van der Waals surface area contributed by atoms with E-state index in [-0.39, 0.29) is 0 Å². The number of aromatic hydroxyl groups is 1. The van der Waals surface area contributed by atoms with Crippen LogP contribution in [-0.2, 0) is 11.2 Å². The highest BCUT2D eigenvalue weighted by molar-refractivity contribution is 5.25. The molecule has 7 heteroatoms. The minimum Gasteiger partial charge on any atom is -0.508 e.